The lowest BCUT2D eigenvalue weighted by Crippen LogP contribution is -2.62. The number of benzene rings is 1. The SMILES string of the molecule is C=CCN1C(=O)CC[C@]12CCCN(Cc1ccc(OC)cc1)[C@H]2CC.O=C(O)C(F)(F)F. The van der Waals surface area contributed by atoms with Gasteiger partial charge in [-0.1, -0.05) is 25.1 Å². The summed E-state index contributed by atoms with van der Waals surface area (Å²) in [5, 5.41) is 7.12. The van der Waals surface area contributed by atoms with Crippen molar-refractivity contribution in [2.45, 2.75) is 63.3 Å². The van der Waals surface area contributed by atoms with Crippen LogP contribution in [0.5, 0.6) is 5.75 Å². The Morgan fingerprint density at radius 2 is 1.94 bits per heavy atom. The van der Waals surface area contributed by atoms with Crippen LogP contribution in [0.3, 0.4) is 0 Å². The van der Waals surface area contributed by atoms with E-state index in [-0.39, 0.29) is 5.54 Å². The van der Waals surface area contributed by atoms with Gasteiger partial charge in [0.05, 0.1) is 12.6 Å². The molecule has 0 aliphatic carbocycles. The summed E-state index contributed by atoms with van der Waals surface area (Å²) in [4.78, 5) is 26.1. The number of carbonyl (C=O) groups excluding carboxylic acids is 1. The molecule has 0 unspecified atom stereocenters. The van der Waals surface area contributed by atoms with Gasteiger partial charge in [0.2, 0.25) is 5.91 Å². The fraction of sp³-hybridized carbons (Fsp3) is 0.565. The van der Waals surface area contributed by atoms with Crippen molar-refractivity contribution in [3.05, 3.63) is 42.5 Å². The molecule has 1 spiro atoms. The molecule has 32 heavy (non-hydrogen) atoms. The molecular weight excluding hydrogens is 425 g/mol. The lowest BCUT2D eigenvalue weighted by atomic mass is 9.77. The normalized spacial score (nSPS) is 23.6. The highest BCUT2D eigenvalue weighted by Crippen LogP contribution is 2.43. The summed E-state index contributed by atoms with van der Waals surface area (Å²) in [5.41, 5.74) is 1.29. The van der Waals surface area contributed by atoms with E-state index in [1.165, 1.54) is 5.56 Å². The zero-order chi connectivity index (χ0) is 23.9. The van der Waals surface area contributed by atoms with E-state index in [1.54, 1.807) is 7.11 Å². The second-order valence-electron chi connectivity index (χ2n) is 8.05. The molecule has 2 atom stereocenters. The van der Waals surface area contributed by atoms with Crippen molar-refractivity contribution >= 4 is 11.9 Å². The van der Waals surface area contributed by atoms with Gasteiger partial charge in [0.1, 0.15) is 5.75 Å². The lowest BCUT2D eigenvalue weighted by molar-refractivity contribution is -0.192. The summed E-state index contributed by atoms with van der Waals surface area (Å²) in [7, 11) is 1.70. The third-order valence-corrected chi connectivity index (χ3v) is 6.21. The Morgan fingerprint density at radius 3 is 2.44 bits per heavy atom. The van der Waals surface area contributed by atoms with E-state index in [4.69, 9.17) is 14.6 Å². The van der Waals surface area contributed by atoms with Crippen molar-refractivity contribution < 1.29 is 32.6 Å². The van der Waals surface area contributed by atoms with Gasteiger partial charge in [0, 0.05) is 25.6 Å². The molecule has 9 heteroatoms. The number of carbonyl (C=O) groups is 2. The predicted octanol–water partition coefficient (Wildman–Crippen LogP) is 4.25. The number of aliphatic carboxylic acids is 1. The lowest BCUT2D eigenvalue weighted by Gasteiger charge is -2.52. The summed E-state index contributed by atoms with van der Waals surface area (Å²) in [6.45, 7) is 8.83. The molecule has 2 aliphatic rings. The van der Waals surface area contributed by atoms with Gasteiger partial charge in [-0.05, 0) is 49.9 Å². The number of carboxylic acids is 1. The Morgan fingerprint density at radius 1 is 1.31 bits per heavy atom. The van der Waals surface area contributed by atoms with Gasteiger partial charge < -0.3 is 14.7 Å². The van der Waals surface area contributed by atoms with Crippen molar-refractivity contribution in [2.24, 2.45) is 0 Å². The van der Waals surface area contributed by atoms with Crippen LogP contribution >= 0.6 is 0 Å². The van der Waals surface area contributed by atoms with E-state index in [1.807, 2.05) is 18.2 Å². The topological polar surface area (TPSA) is 70.1 Å². The van der Waals surface area contributed by atoms with Crippen LogP contribution in [-0.4, -0.2) is 64.7 Å². The van der Waals surface area contributed by atoms with Crippen LogP contribution in [0.25, 0.3) is 0 Å². The molecule has 1 aromatic carbocycles. The van der Waals surface area contributed by atoms with E-state index < -0.39 is 12.1 Å². The Kier molecular flexibility index (Phi) is 8.72. The van der Waals surface area contributed by atoms with Gasteiger partial charge in [0.15, 0.2) is 0 Å². The first kappa shape index (κ1) is 25.7. The summed E-state index contributed by atoms with van der Waals surface area (Å²) >= 11 is 0. The first-order valence-corrected chi connectivity index (χ1v) is 10.7. The number of rotatable bonds is 6. The van der Waals surface area contributed by atoms with Crippen LogP contribution in [0, 0.1) is 0 Å². The van der Waals surface area contributed by atoms with E-state index in [9.17, 15) is 18.0 Å². The van der Waals surface area contributed by atoms with Crippen LogP contribution in [0.2, 0.25) is 0 Å². The number of hydrogen-bond donors (Lipinski definition) is 1. The van der Waals surface area contributed by atoms with Crippen LogP contribution in [0.1, 0.15) is 44.6 Å². The number of nitrogens with zero attached hydrogens (tertiary/aromatic N) is 2. The Bertz CT molecular complexity index is 797. The van der Waals surface area contributed by atoms with E-state index >= 15 is 0 Å². The second kappa shape index (κ2) is 10.8. The third-order valence-electron chi connectivity index (χ3n) is 6.21. The number of likely N-dealkylation sites (tertiary alicyclic amines) is 2. The van der Waals surface area contributed by atoms with Gasteiger partial charge in [0.25, 0.3) is 0 Å². The molecule has 1 amide bonds. The van der Waals surface area contributed by atoms with Gasteiger partial charge >= 0.3 is 12.1 Å². The molecule has 0 radical (unpaired) electrons. The smallest absolute Gasteiger partial charge is 0.490 e. The fourth-order valence-corrected chi connectivity index (χ4v) is 4.90. The van der Waals surface area contributed by atoms with E-state index in [0.29, 0.717) is 24.9 Å². The van der Waals surface area contributed by atoms with E-state index in [2.05, 4.69) is 35.4 Å². The van der Waals surface area contributed by atoms with Crippen molar-refractivity contribution in [1.29, 1.82) is 0 Å². The highest BCUT2D eigenvalue weighted by atomic mass is 19.4. The van der Waals surface area contributed by atoms with Crippen LogP contribution in [-0.2, 0) is 16.1 Å². The molecule has 2 saturated heterocycles. The average Bonchev–Trinajstić information content (AvgIpc) is 3.05. The monoisotopic (exact) mass is 456 g/mol. The summed E-state index contributed by atoms with van der Waals surface area (Å²) in [6, 6.07) is 8.76. The minimum absolute atomic E-state index is 0.00918. The number of amides is 1. The number of carboxylic acid groups (broad SMARTS) is 1. The number of alkyl halides is 3. The first-order chi connectivity index (χ1) is 15.1. The van der Waals surface area contributed by atoms with Crippen LogP contribution in [0.15, 0.2) is 36.9 Å². The summed E-state index contributed by atoms with van der Waals surface area (Å²) < 4.78 is 37.0. The highest BCUT2D eigenvalue weighted by molar-refractivity contribution is 5.80. The van der Waals surface area contributed by atoms with Crippen molar-refractivity contribution in [1.82, 2.24) is 9.80 Å². The average molecular weight is 457 g/mol. The first-order valence-electron chi connectivity index (χ1n) is 10.7. The van der Waals surface area contributed by atoms with Crippen molar-refractivity contribution in [3.63, 3.8) is 0 Å². The minimum atomic E-state index is -5.08. The molecule has 0 aromatic heterocycles. The number of methoxy groups -OCH3 is 1. The second-order valence-corrected chi connectivity index (χ2v) is 8.05. The molecular formula is C23H31F3N2O4. The van der Waals surface area contributed by atoms with Gasteiger partial charge in [-0.2, -0.15) is 13.2 Å². The molecule has 1 aromatic rings. The zero-order valence-electron chi connectivity index (χ0n) is 18.5. The van der Waals surface area contributed by atoms with E-state index in [0.717, 1.165) is 44.5 Å². The van der Waals surface area contributed by atoms with Gasteiger partial charge in [-0.3, -0.25) is 9.69 Å². The van der Waals surface area contributed by atoms with Gasteiger partial charge in [-0.15, -0.1) is 6.58 Å². The number of piperidine rings is 1. The maximum atomic E-state index is 12.5. The Hall–Kier alpha value is -2.55. The summed E-state index contributed by atoms with van der Waals surface area (Å²) in [6.07, 6.45) is 1.78. The maximum absolute atomic E-state index is 12.5. The molecule has 2 fully saturated rings. The molecule has 3 rings (SSSR count). The Balaban J connectivity index is 0.000000451. The largest absolute Gasteiger partial charge is 0.497 e. The van der Waals surface area contributed by atoms with Crippen molar-refractivity contribution in [2.75, 3.05) is 20.2 Å². The third kappa shape index (κ3) is 5.82. The number of halogens is 3. The highest BCUT2D eigenvalue weighted by Gasteiger charge is 2.52. The van der Waals surface area contributed by atoms with Crippen molar-refractivity contribution in [3.8, 4) is 5.75 Å². The Labute approximate surface area is 186 Å². The predicted molar refractivity (Wildman–Crippen MR) is 114 cm³/mol. The molecule has 2 aliphatic heterocycles. The maximum Gasteiger partial charge on any atom is 0.490 e. The fourth-order valence-electron chi connectivity index (χ4n) is 4.90. The molecule has 178 valence electrons. The van der Waals surface area contributed by atoms with Gasteiger partial charge in [-0.25, -0.2) is 4.79 Å². The quantitative estimate of drug-likeness (QED) is 0.648. The zero-order valence-corrected chi connectivity index (χ0v) is 18.5. The molecule has 1 N–H and O–H groups in total. The molecule has 0 bridgehead atoms. The molecule has 2 heterocycles. The van der Waals surface area contributed by atoms with Crippen LogP contribution < -0.4 is 4.74 Å². The molecule has 6 nitrogen and oxygen atoms in total. The number of ether oxygens (including phenoxy) is 1. The molecule has 0 saturated carbocycles. The minimum Gasteiger partial charge on any atom is -0.497 e. The standard InChI is InChI=1S/C21H30N2O2.C2HF3O2/c1-4-14-23-20(24)11-13-21(23)12-6-15-22(19(21)5-2)16-17-7-9-18(25-3)10-8-17;3-2(4,5)1(6)7/h4,7-10,19H,1,5-6,11-16H2,2-3H3;(H,6,7)/t19-,21-;/m0./s1. The van der Waals surface area contributed by atoms with Crippen LogP contribution in [0.4, 0.5) is 13.2 Å². The summed E-state index contributed by atoms with van der Waals surface area (Å²) in [5.74, 6) is -1.57. The number of hydrogen-bond acceptors (Lipinski definition) is 4.